The van der Waals surface area contributed by atoms with Gasteiger partial charge in [-0.2, -0.15) is 0 Å². The van der Waals surface area contributed by atoms with E-state index in [0.717, 1.165) is 63.0 Å². The predicted octanol–water partition coefficient (Wildman–Crippen LogP) is 2.97. The van der Waals surface area contributed by atoms with E-state index in [2.05, 4.69) is 20.6 Å². The van der Waals surface area contributed by atoms with Crippen molar-refractivity contribution in [3.8, 4) is 0 Å². The zero-order chi connectivity index (χ0) is 22.3. The van der Waals surface area contributed by atoms with Gasteiger partial charge in [-0.25, -0.2) is 19.6 Å². The van der Waals surface area contributed by atoms with Crippen molar-refractivity contribution in [2.75, 3.05) is 26.2 Å². The lowest BCUT2D eigenvalue weighted by Crippen LogP contribution is -2.40. The highest BCUT2D eigenvalue weighted by atomic mass is 35.5. The van der Waals surface area contributed by atoms with E-state index in [4.69, 9.17) is 32.7 Å². The highest BCUT2D eigenvalue weighted by Crippen LogP contribution is 2.45. The van der Waals surface area contributed by atoms with Crippen molar-refractivity contribution in [3.63, 3.8) is 0 Å². The molecule has 10 heteroatoms. The van der Waals surface area contributed by atoms with Gasteiger partial charge >= 0.3 is 11.9 Å². The van der Waals surface area contributed by atoms with Crippen molar-refractivity contribution < 1.29 is 19.1 Å². The molecule has 32 heavy (non-hydrogen) atoms. The van der Waals surface area contributed by atoms with E-state index < -0.39 is 11.2 Å². The molecule has 2 N–H and O–H groups in total. The number of nitrogens with zero attached hydrogens (tertiary/aromatic N) is 2. The van der Waals surface area contributed by atoms with Gasteiger partial charge in [-0.05, 0) is 38.3 Å². The van der Waals surface area contributed by atoms with Gasteiger partial charge in [0.2, 0.25) is 0 Å². The first-order valence-electron chi connectivity index (χ1n) is 10.6. The van der Waals surface area contributed by atoms with Gasteiger partial charge in [0.05, 0.1) is 11.1 Å². The second kappa shape index (κ2) is 8.26. The third-order valence-corrected chi connectivity index (χ3v) is 7.05. The van der Waals surface area contributed by atoms with E-state index in [1.54, 1.807) is 24.5 Å². The van der Waals surface area contributed by atoms with Crippen molar-refractivity contribution in [3.05, 3.63) is 57.1 Å². The molecule has 0 unspecified atom stereocenters. The Balaban J connectivity index is 0.000000135. The molecular formula is C22H22Cl2N4O4. The Bertz CT molecular complexity index is 1080. The monoisotopic (exact) mass is 476 g/mol. The minimum Gasteiger partial charge on any atom is -0.450 e. The van der Waals surface area contributed by atoms with Crippen molar-refractivity contribution in [2.24, 2.45) is 0 Å². The van der Waals surface area contributed by atoms with Gasteiger partial charge in [0, 0.05) is 49.2 Å². The zero-order valence-corrected chi connectivity index (χ0v) is 18.8. The first-order chi connectivity index (χ1) is 15.4. The number of aromatic nitrogens is 2. The van der Waals surface area contributed by atoms with E-state index in [-0.39, 0.29) is 11.9 Å². The van der Waals surface area contributed by atoms with Crippen LogP contribution < -0.4 is 10.6 Å². The van der Waals surface area contributed by atoms with Gasteiger partial charge in [-0.1, -0.05) is 23.2 Å². The fourth-order valence-electron chi connectivity index (χ4n) is 4.96. The summed E-state index contributed by atoms with van der Waals surface area (Å²) in [5, 5.41) is 7.23. The minimum absolute atomic E-state index is 0.277. The van der Waals surface area contributed by atoms with Crippen LogP contribution in [0.5, 0.6) is 0 Å². The molecule has 168 valence electrons. The van der Waals surface area contributed by atoms with Crippen LogP contribution in [-0.4, -0.2) is 48.1 Å². The lowest BCUT2D eigenvalue weighted by atomic mass is 9.85. The minimum atomic E-state index is -0.539. The molecule has 2 spiro atoms. The Morgan fingerprint density at radius 3 is 2.12 bits per heavy atom. The van der Waals surface area contributed by atoms with E-state index in [1.807, 2.05) is 0 Å². The number of nitrogens with one attached hydrogen (secondary N) is 2. The number of hydrogen-bond donors (Lipinski definition) is 2. The van der Waals surface area contributed by atoms with Gasteiger partial charge in [-0.15, -0.1) is 0 Å². The average Bonchev–Trinajstić information content (AvgIpc) is 3.21. The lowest BCUT2D eigenvalue weighted by Gasteiger charge is -2.33. The molecule has 4 aliphatic rings. The molecule has 0 aliphatic carbocycles. The number of carbonyl (C=O) groups excluding carboxylic acids is 2. The third kappa shape index (κ3) is 3.55. The third-order valence-electron chi connectivity index (χ3n) is 6.56. The van der Waals surface area contributed by atoms with Crippen molar-refractivity contribution in [1.82, 2.24) is 20.6 Å². The molecule has 0 saturated carbocycles. The number of piperidine rings is 2. The molecule has 0 aromatic carbocycles. The molecule has 0 amide bonds. The van der Waals surface area contributed by atoms with E-state index >= 15 is 0 Å². The molecule has 8 nitrogen and oxygen atoms in total. The molecule has 0 bridgehead atoms. The lowest BCUT2D eigenvalue weighted by molar-refractivity contribution is -0.0251. The van der Waals surface area contributed by atoms with Gasteiger partial charge in [0.15, 0.2) is 0 Å². The van der Waals surface area contributed by atoms with Crippen LogP contribution in [0.4, 0.5) is 0 Å². The first-order valence-corrected chi connectivity index (χ1v) is 11.4. The highest BCUT2D eigenvalue weighted by molar-refractivity contribution is 6.31. The summed E-state index contributed by atoms with van der Waals surface area (Å²) >= 11 is 11.9. The van der Waals surface area contributed by atoms with Crippen LogP contribution in [-0.2, 0) is 20.7 Å². The Labute approximate surface area is 195 Å². The van der Waals surface area contributed by atoms with Crippen molar-refractivity contribution in [1.29, 1.82) is 0 Å². The van der Waals surface area contributed by atoms with Gasteiger partial charge in [0.1, 0.15) is 21.5 Å². The normalized spacial score (nSPS) is 21.9. The Morgan fingerprint density at radius 2 is 1.44 bits per heavy atom. The topological polar surface area (TPSA) is 102 Å². The maximum Gasteiger partial charge on any atom is 0.339 e. The average molecular weight is 477 g/mol. The van der Waals surface area contributed by atoms with E-state index in [1.165, 1.54) is 0 Å². The number of halogens is 2. The van der Waals surface area contributed by atoms with Gasteiger partial charge in [0.25, 0.3) is 0 Å². The van der Waals surface area contributed by atoms with Crippen LogP contribution in [0, 0.1) is 0 Å². The first kappa shape index (κ1) is 21.6. The summed E-state index contributed by atoms with van der Waals surface area (Å²) < 4.78 is 11.1. The molecule has 2 saturated heterocycles. The molecule has 2 fully saturated rings. The number of ether oxygens (including phenoxy) is 2. The molecule has 0 radical (unpaired) electrons. The van der Waals surface area contributed by atoms with Crippen LogP contribution in [0.3, 0.4) is 0 Å². The Hall–Kier alpha value is -2.26. The van der Waals surface area contributed by atoms with Gasteiger partial charge in [-0.3, -0.25) is 0 Å². The standard InChI is InChI=1S/2C11H11ClN2O2/c12-9-8-7(1-4-14-9)10(15)16-11(8)2-5-13-6-3-11;12-9-5-7-8(6-14-9)11(16-10(7)15)1-3-13-4-2-11/h1,4,13H,2-3,5-6H2;5-6,13H,1-4H2. The number of fused-ring (bicyclic) bond motifs is 4. The maximum absolute atomic E-state index is 11.8. The Morgan fingerprint density at radius 1 is 0.844 bits per heavy atom. The summed E-state index contributed by atoms with van der Waals surface area (Å²) in [5.74, 6) is -0.553. The highest BCUT2D eigenvalue weighted by Gasteiger charge is 2.48. The van der Waals surface area contributed by atoms with E-state index in [0.29, 0.717) is 21.4 Å². The number of esters is 2. The number of pyridine rings is 2. The summed E-state index contributed by atoms with van der Waals surface area (Å²) in [4.78, 5) is 31.6. The molecule has 0 atom stereocenters. The molecule has 6 heterocycles. The molecular weight excluding hydrogens is 455 g/mol. The van der Waals surface area contributed by atoms with Crippen molar-refractivity contribution in [2.45, 2.75) is 36.9 Å². The number of rotatable bonds is 0. The molecule has 2 aromatic heterocycles. The zero-order valence-electron chi connectivity index (χ0n) is 17.2. The fourth-order valence-corrected chi connectivity index (χ4v) is 5.45. The molecule has 6 rings (SSSR count). The summed E-state index contributed by atoms with van der Waals surface area (Å²) in [6.45, 7) is 3.38. The van der Waals surface area contributed by atoms with Crippen LogP contribution >= 0.6 is 23.2 Å². The van der Waals surface area contributed by atoms with Gasteiger partial charge < -0.3 is 20.1 Å². The fraction of sp³-hybridized carbons (Fsp3) is 0.455. The summed E-state index contributed by atoms with van der Waals surface area (Å²) in [5.41, 5.74) is 1.81. The summed E-state index contributed by atoms with van der Waals surface area (Å²) in [7, 11) is 0. The Kier molecular flexibility index (Phi) is 5.57. The largest absolute Gasteiger partial charge is 0.450 e. The number of carbonyl (C=O) groups is 2. The van der Waals surface area contributed by atoms with Crippen molar-refractivity contribution >= 4 is 35.1 Å². The smallest absolute Gasteiger partial charge is 0.339 e. The second-order valence-corrected chi connectivity index (χ2v) is 9.09. The summed E-state index contributed by atoms with van der Waals surface area (Å²) in [6, 6.07) is 3.27. The quantitative estimate of drug-likeness (QED) is 0.441. The van der Waals surface area contributed by atoms with Crippen LogP contribution in [0.2, 0.25) is 10.3 Å². The van der Waals surface area contributed by atoms with Crippen LogP contribution in [0.15, 0.2) is 24.5 Å². The second-order valence-electron chi connectivity index (χ2n) is 8.34. The summed E-state index contributed by atoms with van der Waals surface area (Å²) in [6.07, 6.45) is 6.34. The maximum atomic E-state index is 11.8. The van der Waals surface area contributed by atoms with E-state index in [9.17, 15) is 9.59 Å². The van der Waals surface area contributed by atoms with Crippen LogP contribution in [0.25, 0.3) is 0 Å². The molecule has 2 aromatic rings. The predicted molar refractivity (Wildman–Crippen MR) is 117 cm³/mol. The van der Waals surface area contributed by atoms with Crippen LogP contribution in [0.1, 0.15) is 57.5 Å². The SMILES string of the molecule is O=C1OC2(CCNCC2)c2c1ccnc2Cl.O=C1OC2(CCNCC2)c2cnc(Cl)cc21. The number of hydrogen-bond acceptors (Lipinski definition) is 8. The molecule has 4 aliphatic heterocycles.